The maximum absolute atomic E-state index is 6.26. The average molecular weight is 318 g/mol. The van der Waals surface area contributed by atoms with Gasteiger partial charge < -0.3 is 10.1 Å². The fourth-order valence-electron chi connectivity index (χ4n) is 2.08. The van der Waals surface area contributed by atoms with Crippen molar-refractivity contribution in [1.82, 2.24) is 5.32 Å². The molecule has 0 heterocycles. The van der Waals surface area contributed by atoms with Crippen LogP contribution >= 0.6 is 23.2 Å². The smallest absolute Gasteiger partial charge is 0.0518 e. The molecule has 0 aromatic heterocycles. The maximum atomic E-state index is 6.26. The Balaban J connectivity index is 2.36. The van der Waals surface area contributed by atoms with E-state index in [1.165, 1.54) is 0 Å². The lowest BCUT2D eigenvalue weighted by Gasteiger charge is -2.19. The Kier molecular flexibility index (Phi) is 8.55. The Morgan fingerprint density at radius 1 is 1.20 bits per heavy atom. The summed E-state index contributed by atoms with van der Waals surface area (Å²) in [5.74, 6) is 0. The van der Waals surface area contributed by atoms with Gasteiger partial charge in [-0.2, -0.15) is 0 Å². The first-order chi connectivity index (χ1) is 9.54. The molecule has 0 radical (unpaired) electrons. The topological polar surface area (TPSA) is 21.3 Å². The Labute approximate surface area is 132 Å². The second-order valence-corrected chi connectivity index (χ2v) is 6.05. The van der Waals surface area contributed by atoms with E-state index in [-0.39, 0.29) is 6.04 Å². The molecule has 0 saturated heterocycles. The number of ether oxygens (including phenoxy) is 1. The van der Waals surface area contributed by atoms with Crippen molar-refractivity contribution in [1.29, 1.82) is 0 Å². The van der Waals surface area contributed by atoms with E-state index >= 15 is 0 Å². The monoisotopic (exact) mass is 317 g/mol. The maximum Gasteiger partial charge on any atom is 0.0518 e. The Morgan fingerprint density at radius 3 is 2.55 bits per heavy atom. The second-order valence-electron chi connectivity index (χ2n) is 5.21. The number of nitrogens with one attached hydrogen (secondary N) is 1. The minimum atomic E-state index is 0.283. The van der Waals surface area contributed by atoms with Gasteiger partial charge in [-0.1, -0.05) is 36.2 Å². The molecule has 0 spiro atoms. The summed E-state index contributed by atoms with van der Waals surface area (Å²) in [7, 11) is 0. The van der Waals surface area contributed by atoms with Gasteiger partial charge in [0.2, 0.25) is 0 Å². The second kappa shape index (κ2) is 9.62. The average Bonchev–Trinajstić information content (AvgIpc) is 2.39. The number of halogens is 2. The van der Waals surface area contributed by atoms with Gasteiger partial charge in [0.05, 0.1) is 6.10 Å². The first kappa shape index (κ1) is 17.8. The molecule has 4 heteroatoms. The molecule has 0 aliphatic heterocycles. The van der Waals surface area contributed by atoms with E-state index in [0.29, 0.717) is 11.1 Å². The zero-order chi connectivity index (χ0) is 15.0. The lowest BCUT2D eigenvalue weighted by Crippen LogP contribution is -2.22. The number of rotatable bonds is 9. The molecule has 0 aliphatic carbocycles. The summed E-state index contributed by atoms with van der Waals surface area (Å²) in [4.78, 5) is 0. The van der Waals surface area contributed by atoms with Crippen molar-refractivity contribution in [2.75, 3.05) is 13.2 Å². The Bertz CT molecular complexity index is 396. The highest BCUT2D eigenvalue weighted by Crippen LogP contribution is 2.27. The highest BCUT2D eigenvalue weighted by Gasteiger charge is 2.12. The van der Waals surface area contributed by atoms with Crippen LogP contribution in [-0.2, 0) is 4.74 Å². The first-order valence-corrected chi connectivity index (χ1v) is 8.10. The zero-order valence-corrected chi connectivity index (χ0v) is 14.1. The minimum Gasteiger partial charge on any atom is -0.379 e. The summed E-state index contributed by atoms with van der Waals surface area (Å²) in [6.07, 6.45) is 3.51. The van der Waals surface area contributed by atoms with Gasteiger partial charge in [0, 0.05) is 22.7 Å². The van der Waals surface area contributed by atoms with Gasteiger partial charge >= 0.3 is 0 Å². The van der Waals surface area contributed by atoms with Crippen LogP contribution in [-0.4, -0.2) is 19.3 Å². The lowest BCUT2D eigenvalue weighted by molar-refractivity contribution is 0.0759. The van der Waals surface area contributed by atoms with Crippen molar-refractivity contribution < 1.29 is 4.74 Å². The highest BCUT2D eigenvalue weighted by atomic mass is 35.5. The van der Waals surface area contributed by atoms with E-state index in [0.717, 1.165) is 43.0 Å². The Morgan fingerprint density at radius 2 is 1.95 bits per heavy atom. The van der Waals surface area contributed by atoms with Gasteiger partial charge in [-0.05, 0) is 57.4 Å². The van der Waals surface area contributed by atoms with E-state index in [1.807, 2.05) is 12.1 Å². The van der Waals surface area contributed by atoms with E-state index in [4.69, 9.17) is 27.9 Å². The van der Waals surface area contributed by atoms with Crippen LogP contribution in [0.15, 0.2) is 18.2 Å². The van der Waals surface area contributed by atoms with Crippen LogP contribution in [0.25, 0.3) is 0 Å². The van der Waals surface area contributed by atoms with Crippen molar-refractivity contribution in [3.63, 3.8) is 0 Å². The van der Waals surface area contributed by atoms with Crippen LogP contribution in [0, 0.1) is 0 Å². The molecule has 1 atom stereocenters. The van der Waals surface area contributed by atoms with Crippen LogP contribution in [0.2, 0.25) is 10.0 Å². The van der Waals surface area contributed by atoms with Gasteiger partial charge in [-0.15, -0.1) is 0 Å². The van der Waals surface area contributed by atoms with Crippen molar-refractivity contribution in [3.8, 4) is 0 Å². The molecule has 114 valence electrons. The molecule has 1 aromatic carbocycles. The minimum absolute atomic E-state index is 0.283. The van der Waals surface area contributed by atoms with Crippen LogP contribution in [0.5, 0.6) is 0 Å². The van der Waals surface area contributed by atoms with Crippen molar-refractivity contribution in [2.24, 2.45) is 0 Å². The molecule has 1 N–H and O–H groups in total. The van der Waals surface area contributed by atoms with Gasteiger partial charge in [0.1, 0.15) is 0 Å². The molecule has 0 saturated carbocycles. The first-order valence-electron chi connectivity index (χ1n) is 7.34. The quantitative estimate of drug-likeness (QED) is 0.629. The summed E-state index contributed by atoms with van der Waals surface area (Å²) in [6.45, 7) is 8.09. The fourth-order valence-corrected chi connectivity index (χ4v) is 2.62. The number of unbranched alkanes of at least 4 members (excludes halogenated alkanes) is 1. The molecule has 1 rings (SSSR count). The predicted molar refractivity (Wildman–Crippen MR) is 87.8 cm³/mol. The van der Waals surface area contributed by atoms with E-state index in [2.05, 4.69) is 26.1 Å². The molecule has 1 unspecified atom stereocenters. The number of hydrogen-bond donors (Lipinski definition) is 1. The lowest BCUT2D eigenvalue weighted by atomic mass is 10.0. The summed E-state index contributed by atoms with van der Waals surface area (Å²) in [5, 5.41) is 4.97. The van der Waals surface area contributed by atoms with Crippen LogP contribution in [0.3, 0.4) is 0 Å². The molecule has 20 heavy (non-hydrogen) atoms. The summed E-state index contributed by atoms with van der Waals surface area (Å²) >= 11 is 12.2. The molecular formula is C16H25Cl2NO. The molecule has 1 aromatic rings. The molecule has 0 fully saturated rings. The van der Waals surface area contributed by atoms with Gasteiger partial charge in [-0.25, -0.2) is 0 Å². The third-order valence-corrected chi connectivity index (χ3v) is 3.72. The van der Waals surface area contributed by atoms with Crippen molar-refractivity contribution in [3.05, 3.63) is 33.8 Å². The van der Waals surface area contributed by atoms with Gasteiger partial charge in [0.25, 0.3) is 0 Å². The number of benzene rings is 1. The molecule has 0 aliphatic rings. The van der Waals surface area contributed by atoms with E-state index in [1.54, 1.807) is 6.07 Å². The SMILES string of the molecule is CCC(NCCCCOC(C)C)c1ccc(Cl)cc1Cl. The van der Waals surface area contributed by atoms with Gasteiger partial charge in [0.15, 0.2) is 0 Å². The molecule has 0 amide bonds. The Hall–Kier alpha value is -0.280. The van der Waals surface area contributed by atoms with Crippen molar-refractivity contribution in [2.45, 2.75) is 52.2 Å². The summed E-state index contributed by atoms with van der Waals surface area (Å²) in [6, 6.07) is 5.99. The fraction of sp³-hybridized carbons (Fsp3) is 0.625. The van der Waals surface area contributed by atoms with Gasteiger partial charge in [-0.3, -0.25) is 0 Å². The van der Waals surface area contributed by atoms with E-state index < -0.39 is 0 Å². The third kappa shape index (κ3) is 6.45. The van der Waals surface area contributed by atoms with Crippen LogP contribution in [0.1, 0.15) is 51.6 Å². The van der Waals surface area contributed by atoms with Crippen LogP contribution < -0.4 is 5.32 Å². The third-order valence-electron chi connectivity index (χ3n) is 3.16. The van der Waals surface area contributed by atoms with Crippen molar-refractivity contribution >= 4 is 23.2 Å². The largest absolute Gasteiger partial charge is 0.379 e. The van der Waals surface area contributed by atoms with Crippen LogP contribution in [0.4, 0.5) is 0 Å². The van der Waals surface area contributed by atoms with E-state index in [9.17, 15) is 0 Å². The summed E-state index contributed by atoms with van der Waals surface area (Å²) < 4.78 is 5.53. The standard InChI is InChI=1S/C16H25Cl2NO/c1-4-16(14-8-7-13(17)11-15(14)18)19-9-5-6-10-20-12(2)3/h7-8,11-12,16,19H,4-6,9-10H2,1-3H3. The molecule has 0 bridgehead atoms. The predicted octanol–water partition coefficient (Wildman–Crippen LogP) is 5.24. The normalized spacial score (nSPS) is 12.9. The zero-order valence-electron chi connectivity index (χ0n) is 12.6. The highest BCUT2D eigenvalue weighted by molar-refractivity contribution is 6.35. The molecular weight excluding hydrogens is 293 g/mol. The number of hydrogen-bond acceptors (Lipinski definition) is 2. The molecule has 2 nitrogen and oxygen atoms in total. The summed E-state index contributed by atoms with van der Waals surface area (Å²) in [5.41, 5.74) is 1.12.